The zero-order valence-electron chi connectivity index (χ0n) is 8.93. The van der Waals surface area contributed by atoms with E-state index in [0.29, 0.717) is 17.4 Å². The van der Waals surface area contributed by atoms with Gasteiger partial charge in [-0.05, 0) is 30.1 Å². The van der Waals surface area contributed by atoms with Gasteiger partial charge in [0.05, 0.1) is 0 Å². The van der Waals surface area contributed by atoms with Gasteiger partial charge < -0.3 is 5.73 Å². The predicted molar refractivity (Wildman–Crippen MR) is 53.9 cm³/mol. The van der Waals surface area contributed by atoms with Crippen LogP contribution in [0.1, 0.15) is 47.0 Å². The largest absolute Gasteiger partial charge is 0.327 e. The van der Waals surface area contributed by atoms with Crippen molar-refractivity contribution in [3.05, 3.63) is 0 Å². The predicted octanol–water partition coefficient (Wildman–Crippen LogP) is 2.80. The van der Waals surface area contributed by atoms with Gasteiger partial charge in [-0.3, -0.25) is 0 Å². The second kappa shape index (κ2) is 3.37. The summed E-state index contributed by atoms with van der Waals surface area (Å²) in [5.41, 5.74) is 6.56. The van der Waals surface area contributed by atoms with Crippen LogP contribution < -0.4 is 5.73 Å². The van der Waals surface area contributed by atoms with Crippen LogP contribution >= 0.6 is 0 Å². The van der Waals surface area contributed by atoms with E-state index in [1.165, 1.54) is 19.3 Å². The van der Waals surface area contributed by atoms with Crippen LogP contribution in [0.25, 0.3) is 0 Å². The van der Waals surface area contributed by atoms with Crippen molar-refractivity contribution < 1.29 is 0 Å². The minimum Gasteiger partial charge on any atom is -0.327 e. The van der Waals surface area contributed by atoms with Crippen molar-refractivity contribution in [2.24, 2.45) is 23.0 Å². The first-order valence-electron chi connectivity index (χ1n) is 5.22. The van der Waals surface area contributed by atoms with Gasteiger partial charge in [-0.15, -0.1) is 0 Å². The topological polar surface area (TPSA) is 26.0 Å². The van der Waals surface area contributed by atoms with E-state index in [0.717, 1.165) is 5.92 Å². The number of nitrogens with two attached hydrogens (primary N) is 1. The third-order valence-corrected chi connectivity index (χ3v) is 3.73. The Hall–Kier alpha value is -0.0400. The summed E-state index contributed by atoms with van der Waals surface area (Å²) >= 11 is 0. The van der Waals surface area contributed by atoms with E-state index < -0.39 is 0 Å². The van der Waals surface area contributed by atoms with Crippen molar-refractivity contribution in [3.63, 3.8) is 0 Å². The van der Waals surface area contributed by atoms with Crippen molar-refractivity contribution in [2.75, 3.05) is 0 Å². The van der Waals surface area contributed by atoms with E-state index in [1.54, 1.807) is 0 Å². The lowest BCUT2D eigenvalue weighted by molar-refractivity contribution is 0.0732. The molecule has 0 heterocycles. The first kappa shape index (κ1) is 10.0. The Labute approximate surface area is 76.7 Å². The van der Waals surface area contributed by atoms with Crippen LogP contribution in [0, 0.1) is 17.3 Å². The summed E-state index contributed by atoms with van der Waals surface area (Å²) in [6.45, 7) is 9.12. The molecule has 1 heteroatoms. The van der Waals surface area contributed by atoms with Crippen LogP contribution in [0.5, 0.6) is 0 Å². The third kappa shape index (κ3) is 1.66. The fraction of sp³-hybridized carbons (Fsp3) is 1.00. The normalized spacial score (nSPS) is 22.5. The van der Waals surface area contributed by atoms with Crippen molar-refractivity contribution in [2.45, 2.75) is 53.0 Å². The molecule has 1 fully saturated rings. The summed E-state index contributed by atoms with van der Waals surface area (Å²) < 4.78 is 0. The van der Waals surface area contributed by atoms with Crippen LogP contribution in [-0.2, 0) is 0 Å². The Bertz CT molecular complexity index is 145. The first-order valence-corrected chi connectivity index (χ1v) is 5.22. The summed E-state index contributed by atoms with van der Waals surface area (Å²) in [6, 6.07) is 0.364. The average molecular weight is 169 g/mol. The molecule has 1 aliphatic rings. The molecule has 0 aromatic heterocycles. The fourth-order valence-corrected chi connectivity index (χ4v) is 2.28. The monoisotopic (exact) mass is 169 g/mol. The van der Waals surface area contributed by atoms with Gasteiger partial charge in [0.1, 0.15) is 0 Å². The smallest absolute Gasteiger partial charge is 0.0116 e. The minimum atomic E-state index is 0.354. The Morgan fingerprint density at radius 2 is 1.75 bits per heavy atom. The fourth-order valence-electron chi connectivity index (χ4n) is 2.28. The van der Waals surface area contributed by atoms with E-state index in [4.69, 9.17) is 5.73 Å². The highest BCUT2D eigenvalue weighted by Crippen LogP contribution is 2.44. The molecule has 1 saturated carbocycles. The lowest BCUT2D eigenvalue weighted by Gasteiger charge is -2.45. The van der Waals surface area contributed by atoms with Crippen molar-refractivity contribution in [1.82, 2.24) is 0 Å². The molecule has 2 N–H and O–H groups in total. The summed E-state index contributed by atoms with van der Waals surface area (Å²) in [5, 5.41) is 0. The highest BCUT2D eigenvalue weighted by molar-refractivity contribution is 4.92. The van der Waals surface area contributed by atoms with E-state index in [-0.39, 0.29) is 0 Å². The van der Waals surface area contributed by atoms with Gasteiger partial charge in [0, 0.05) is 6.04 Å². The Morgan fingerprint density at radius 3 is 2.00 bits per heavy atom. The van der Waals surface area contributed by atoms with Crippen molar-refractivity contribution in [3.8, 4) is 0 Å². The van der Waals surface area contributed by atoms with E-state index >= 15 is 0 Å². The maximum atomic E-state index is 6.20. The molecule has 0 aromatic carbocycles. The molecule has 1 unspecified atom stereocenters. The molecule has 72 valence electrons. The summed E-state index contributed by atoms with van der Waals surface area (Å²) in [6.07, 6.45) is 4.21. The molecule has 1 nitrogen and oxygen atoms in total. The standard InChI is InChI=1S/C11H23N/c1-8(2)10(12)11(3,4)9-6-5-7-9/h8-10H,5-7,12H2,1-4H3. The second-order valence-electron chi connectivity index (χ2n) is 5.22. The first-order chi connectivity index (χ1) is 5.46. The third-order valence-electron chi connectivity index (χ3n) is 3.73. The van der Waals surface area contributed by atoms with Gasteiger partial charge in [-0.25, -0.2) is 0 Å². The van der Waals surface area contributed by atoms with Crippen LogP contribution in [0.3, 0.4) is 0 Å². The molecule has 0 aliphatic heterocycles. The molecular formula is C11H23N. The maximum Gasteiger partial charge on any atom is 0.0116 e. The van der Waals surface area contributed by atoms with Gasteiger partial charge in [0.25, 0.3) is 0 Å². The average Bonchev–Trinajstić information content (AvgIpc) is 1.80. The van der Waals surface area contributed by atoms with Gasteiger partial charge in [0.2, 0.25) is 0 Å². The lowest BCUT2D eigenvalue weighted by Crippen LogP contribution is -2.48. The molecular weight excluding hydrogens is 146 g/mol. The Morgan fingerprint density at radius 1 is 1.25 bits per heavy atom. The minimum absolute atomic E-state index is 0.354. The van der Waals surface area contributed by atoms with Crippen LogP contribution in [-0.4, -0.2) is 6.04 Å². The molecule has 0 saturated heterocycles. The summed E-state index contributed by atoms with van der Waals surface area (Å²) in [7, 11) is 0. The Balaban J connectivity index is 2.56. The molecule has 1 rings (SSSR count). The molecule has 0 spiro atoms. The van der Waals surface area contributed by atoms with E-state index in [9.17, 15) is 0 Å². The molecule has 12 heavy (non-hydrogen) atoms. The molecule has 1 atom stereocenters. The van der Waals surface area contributed by atoms with Crippen LogP contribution in [0.2, 0.25) is 0 Å². The molecule has 0 amide bonds. The van der Waals surface area contributed by atoms with Crippen molar-refractivity contribution in [1.29, 1.82) is 0 Å². The summed E-state index contributed by atoms with van der Waals surface area (Å²) in [4.78, 5) is 0. The molecule has 1 aliphatic carbocycles. The van der Waals surface area contributed by atoms with Gasteiger partial charge in [-0.2, -0.15) is 0 Å². The Kier molecular flexibility index (Phi) is 2.82. The number of hydrogen-bond donors (Lipinski definition) is 1. The highest BCUT2D eigenvalue weighted by atomic mass is 14.7. The van der Waals surface area contributed by atoms with Crippen LogP contribution in [0.15, 0.2) is 0 Å². The molecule has 0 radical (unpaired) electrons. The van der Waals surface area contributed by atoms with Gasteiger partial charge in [0.15, 0.2) is 0 Å². The maximum absolute atomic E-state index is 6.20. The number of rotatable bonds is 3. The number of hydrogen-bond acceptors (Lipinski definition) is 1. The van der Waals surface area contributed by atoms with Crippen LogP contribution in [0.4, 0.5) is 0 Å². The summed E-state index contributed by atoms with van der Waals surface area (Å²) in [5.74, 6) is 1.50. The van der Waals surface area contributed by atoms with E-state index in [2.05, 4.69) is 27.7 Å². The van der Waals surface area contributed by atoms with Gasteiger partial charge >= 0.3 is 0 Å². The van der Waals surface area contributed by atoms with E-state index in [1.807, 2.05) is 0 Å². The lowest BCUT2D eigenvalue weighted by atomic mass is 9.62. The highest BCUT2D eigenvalue weighted by Gasteiger charge is 2.39. The quantitative estimate of drug-likeness (QED) is 0.690. The zero-order valence-corrected chi connectivity index (χ0v) is 8.93. The second-order valence-corrected chi connectivity index (χ2v) is 5.22. The van der Waals surface area contributed by atoms with Crippen molar-refractivity contribution >= 4 is 0 Å². The zero-order chi connectivity index (χ0) is 9.35. The SMILES string of the molecule is CC(C)C(N)C(C)(C)C1CCC1. The molecule has 0 bridgehead atoms. The van der Waals surface area contributed by atoms with Gasteiger partial charge in [-0.1, -0.05) is 34.1 Å². The molecule has 0 aromatic rings.